The Morgan fingerprint density at radius 2 is 2.12 bits per heavy atom. The van der Waals surface area contributed by atoms with E-state index < -0.39 is 5.82 Å². The highest BCUT2D eigenvalue weighted by Gasteiger charge is 2.23. The van der Waals surface area contributed by atoms with Crippen molar-refractivity contribution in [3.05, 3.63) is 17.4 Å². The lowest BCUT2D eigenvalue weighted by atomic mass is 10.1. The number of rotatable bonds is 4. The first-order valence-electron chi connectivity index (χ1n) is 5.18. The number of benzene rings is 1. The van der Waals surface area contributed by atoms with Crippen LogP contribution in [-0.2, 0) is 11.4 Å². The van der Waals surface area contributed by atoms with E-state index in [0.717, 1.165) is 0 Å². The Hall–Kier alpha value is -1.53. The van der Waals surface area contributed by atoms with Gasteiger partial charge in [0, 0.05) is 6.07 Å². The molecule has 0 spiro atoms. The van der Waals surface area contributed by atoms with Crippen LogP contribution in [0.1, 0.15) is 5.56 Å². The molecule has 1 aromatic carbocycles. The zero-order chi connectivity index (χ0) is 12.3. The number of ether oxygens (including phenoxy) is 3. The minimum atomic E-state index is -0.482. The van der Waals surface area contributed by atoms with Crippen LogP contribution >= 0.6 is 0 Å². The molecule has 1 N–H and O–H groups in total. The van der Waals surface area contributed by atoms with Gasteiger partial charge in [-0.15, -0.1) is 0 Å². The fraction of sp³-hybridized carbons (Fsp3) is 0.455. The Balaban J connectivity index is 2.45. The number of methoxy groups -OCH3 is 1. The van der Waals surface area contributed by atoms with Gasteiger partial charge >= 0.3 is 0 Å². The van der Waals surface area contributed by atoms with Gasteiger partial charge in [-0.05, 0) is 0 Å². The summed E-state index contributed by atoms with van der Waals surface area (Å²) in [5.41, 5.74) is 3.18. The lowest BCUT2D eigenvalue weighted by Crippen LogP contribution is -2.20. The van der Waals surface area contributed by atoms with Crippen molar-refractivity contribution in [3.8, 4) is 17.2 Å². The van der Waals surface area contributed by atoms with Crippen molar-refractivity contribution in [2.75, 3.05) is 27.4 Å². The molecule has 0 saturated heterocycles. The minimum absolute atomic E-state index is 0.138. The molecule has 1 aliphatic rings. The molecule has 1 heterocycles. The first kappa shape index (κ1) is 11.9. The Labute approximate surface area is 98.4 Å². The van der Waals surface area contributed by atoms with Gasteiger partial charge in [-0.1, -0.05) is 0 Å². The summed E-state index contributed by atoms with van der Waals surface area (Å²) in [7, 11) is 2.89. The molecule has 2 rings (SSSR count). The zero-order valence-corrected chi connectivity index (χ0v) is 9.71. The molecule has 6 heteroatoms. The quantitative estimate of drug-likeness (QED) is 0.807. The molecule has 5 nitrogen and oxygen atoms in total. The van der Waals surface area contributed by atoms with E-state index >= 15 is 0 Å². The van der Waals surface area contributed by atoms with Crippen LogP contribution in [-0.4, -0.2) is 27.4 Å². The van der Waals surface area contributed by atoms with E-state index in [0.29, 0.717) is 30.3 Å². The van der Waals surface area contributed by atoms with Gasteiger partial charge in [0.05, 0.1) is 26.3 Å². The van der Waals surface area contributed by atoms with Crippen LogP contribution in [0.15, 0.2) is 6.07 Å². The maximum absolute atomic E-state index is 13.7. The fourth-order valence-electron chi connectivity index (χ4n) is 1.73. The van der Waals surface area contributed by atoms with E-state index in [1.54, 1.807) is 0 Å². The van der Waals surface area contributed by atoms with Crippen LogP contribution in [0.3, 0.4) is 0 Å². The van der Waals surface area contributed by atoms with Crippen molar-refractivity contribution >= 4 is 0 Å². The number of hydroxylamine groups is 1. The molecule has 0 aromatic heterocycles. The highest BCUT2D eigenvalue weighted by molar-refractivity contribution is 5.55. The normalized spacial score (nSPS) is 13.6. The van der Waals surface area contributed by atoms with Crippen molar-refractivity contribution < 1.29 is 23.4 Å². The first-order chi connectivity index (χ1) is 8.27. The molecule has 94 valence electrons. The van der Waals surface area contributed by atoms with E-state index in [4.69, 9.17) is 19.0 Å². The second kappa shape index (κ2) is 5.20. The molecule has 0 aliphatic carbocycles. The molecule has 0 radical (unpaired) electrons. The summed E-state index contributed by atoms with van der Waals surface area (Å²) in [5, 5.41) is 0. The summed E-state index contributed by atoms with van der Waals surface area (Å²) < 4.78 is 29.6. The smallest absolute Gasteiger partial charge is 0.169 e. The average Bonchev–Trinajstić information content (AvgIpc) is 2.35. The summed E-state index contributed by atoms with van der Waals surface area (Å²) in [6.07, 6.45) is 0. The van der Waals surface area contributed by atoms with Gasteiger partial charge in [-0.25, -0.2) is 4.39 Å². The van der Waals surface area contributed by atoms with Crippen molar-refractivity contribution in [3.63, 3.8) is 0 Å². The predicted octanol–water partition coefficient (Wildman–Crippen LogP) is 1.26. The standard InChI is InChI=1S/C11H14FNO4/c1-14-10-7(6-13-15-2)11-9(5-8(10)12)16-3-4-17-11/h5,13H,3-4,6H2,1-2H3. The molecule has 17 heavy (non-hydrogen) atoms. The third-order valence-electron chi connectivity index (χ3n) is 2.43. The number of halogens is 1. The summed E-state index contributed by atoms with van der Waals surface area (Å²) in [5.74, 6) is 0.546. The monoisotopic (exact) mass is 243 g/mol. The van der Waals surface area contributed by atoms with Crippen LogP contribution in [0.4, 0.5) is 4.39 Å². The summed E-state index contributed by atoms with van der Waals surface area (Å²) in [6, 6.07) is 1.27. The van der Waals surface area contributed by atoms with E-state index in [-0.39, 0.29) is 12.3 Å². The highest BCUT2D eigenvalue weighted by atomic mass is 19.1. The van der Waals surface area contributed by atoms with Gasteiger partial charge in [0.1, 0.15) is 13.2 Å². The largest absolute Gasteiger partial charge is 0.493 e. The molecule has 1 aromatic rings. The molecule has 0 atom stereocenters. The van der Waals surface area contributed by atoms with Crippen molar-refractivity contribution in [1.82, 2.24) is 5.48 Å². The Kier molecular flexibility index (Phi) is 3.65. The first-order valence-corrected chi connectivity index (χ1v) is 5.18. The summed E-state index contributed by atoms with van der Waals surface area (Å²) in [6.45, 7) is 1.11. The summed E-state index contributed by atoms with van der Waals surface area (Å²) in [4.78, 5) is 4.75. The topological polar surface area (TPSA) is 49.0 Å². The lowest BCUT2D eigenvalue weighted by Gasteiger charge is -2.23. The maximum Gasteiger partial charge on any atom is 0.169 e. The van der Waals surface area contributed by atoms with Crippen molar-refractivity contribution in [2.45, 2.75) is 6.54 Å². The average molecular weight is 243 g/mol. The van der Waals surface area contributed by atoms with E-state index in [9.17, 15) is 4.39 Å². The fourth-order valence-corrected chi connectivity index (χ4v) is 1.73. The third-order valence-corrected chi connectivity index (χ3v) is 2.43. The molecule has 0 fully saturated rings. The number of hydrogen-bond donors (Lipinski definition) is 1. The third kappa shape index (κ3) is 2.27. The highest BCUT2D eigenvalue weighted by Crippen LogP contribution is 2.41. The van der Waals surface area contributed by atoms with Gasteiger partial charge in [0.2, 0.25) is 0 Å². The molecular formula is C11H14FNO4. The van der Waals surface area contributed by atoms with Gasteiger partial charge in [-0.3, -0.25) is 0 Å². The second-order valence-corrected chi connectivity index (χ2v) is 3.42. The lowest BCUT2D eigenvalue weighted by molar-refractivity contribution is 0.0839. The SMILES string of the molecule is CONCc1c(OC)c(F)cc2c1OCCO2. The molecular weight excluding hydrogens is 229 g/mol. The predicted molar refractivity (Wildman–Crippen MR) is 57.8 cm³/mol. The minimum Gasteiger partial charge on any atom is -0.493 e. The molecule has 0 amide bonds. The zero-order valence-electron chi connectivity index (χ0n) is 9.71. The molecule has 0 unspecified atom stereocenters. The van der Waals surface area contributed by atoms with Gasteiger partial charge in [-0.2, -0.15) is 5.48 Å². The number of fused-ring (bicyclic) bond motifs is 1. The van der Waals surface area contributed by atoms with Crippen LogP contribution < -0.4 is 19.7 Å². The van der Waals surface area contributed by atoms with Gasteiger partial charge in [0.15, 0.2) is 23.1 Å². The Bertz CT molecular complexity index is 411. The van der Waals surface area contributed by atoms with Gasteiger partial charge in [0.25, 0.3) is 0 Å². The maximum atomic E-state index is 13.7. The van der Waals surface area contributed by atoms with E-state index in [1.807, 2.05) is 0 Å². The number of hydrogen-bond acceptors (Lipinski definition) is 5. The second-order valence-electron chi connectivity index (χ2n) is 3.42. The van der Waals surface area contributed by atoms with Crippen LogP contribution in [0, 0.1) is 5.82 Å². The molecule has 0 bridgehead atoms. The van der Waals surface area contributed by atoms with Crippen molar-refractivity contribution in [1.29, 1.82) is 0 Å². The Morgan fingerprint density at radius 1 is 1.35 bits per heavy atom. The Morgan fingerprint density at radius 3 is 2.82 bits per heavy atom. The summed E-state index contributed by atoms with van der Waals surface area (Å²) >= 11 is 0. The number of nitrogens with one attached hydrogen (secondary N) is 1. The molecule has 0 saturated carbocycles. The van der Waals surface area contributed by atoms with Crippen LogP contribution in [0.2, 0.25) is 0 Å². The van der Waals surface area contributed by atoms with Gasteiger partial charge < -0.3 is 19.0 Å². The molecule has 1 aliphatic heterocycles. The van der Waals surface area contributed by atoms with E-state index in [1.165, 1.54) is 20.3 Å². The van der Waals surface area contributed by atoms with Crippen LogP contribution in [0.25, 0.3) is 0 Å². The van der Waals surface area contributed by atoms with Crippen LogP contribution in [0.5, 0.6) is 17.2 Å². The van der Waals surface area contributed by atoms with E-state index in [2.05, 4.69) is 5.48 Å². The van der Waals surface area contributed by atoms with Crippen molar-refractivity contribution in [2.24, 2.45) is 0 Å².